The second-order valence-electron chi connectivity index (χ2n) is 10.9. The van der Waals surface area contributed by atoms with Crippen molar-refractivity contribution in [1.29, 1.82) is 0 Å². The van der Waals surface area contributed by atoms with Crippen molar-refractivity contribution < 1.29 is 31.1 Å². The van der Waals surface area contributed by atoms with Gasteiger partial charge in [-0.3, -0.25) is 4.79 Å². The normalized spacial score (nSPS) is 20.2. The number of ether oxygens (including phenoxy) is 1. The largest absolute Gasteiger partial charge is 0.477 e. The first kappa shape index (κ1) is 26.4. The maximum Gasteiger partial charge on any atom is 0.394 e. The first-order valence-electron chi connectivity index (χ1n) is 12.7. The van der Waals surface area contributed by atoms with Crippen LogP contribution < -0.4 is 14.4 Å². The van der Waals surface area contributed by atoms with Crippen LogP contribution in [0.1, 0.15) is 49.0 Å². The molecular weight excluding hydrogens is 547 g/mol. The van der Waals surface area contributed by atoms with Crippen LogP contribution in [0.15, 0.2) is 59.6 Å². The molecule has 1 aliphatic carbocycles. The lowest BCUT2D eigenvalue weighted by Crippen LogP contribution is -2.41. The third-order valence-corrected chi connectivity index (χ3v) is 9.07. The molecule has 3 aliphatic rings. The molecule has 0 radical (unpaired) electrons. The van der Waals surface area contributed by atoms with Gasteiger partial charge in [0.2, 0.25) is 5.88 Å². The highest BCUT2D eigenvalue weighted by atomic mass is 32.2. The summed E-state index contributed by atoms with van der Waals surface area (Å²) in [6, 6.07) is 10.9. The Labute approximate surface area is 228 Å². The van der Waals surface area contributed by atoms with Crippen molar-refractivity contribution in [3.63, 3.8) is 0 Å². The van der Waals surface area contributed by atoms with Gasteiger partial charge < -0.3 is 9.64 Å². The summed E-state index contributed by atoms with van der Waals surface area (Å²) >= 11 is 0. The van der Waals surface area contributed by atoms with Crippen LogP contribution in [0.3, 0.4) is 0 Å². The summed E-state index contributed by atoms with van der Waals surface area (Å²) in [6.07, 6.45) is -0.596. The molecule has 3 aromatic rings. The summed E-state index contributed by atoms with van der Waals surface area (Å²) < 4.78 is 74.6. The highest BCUT2D eigenvalue weighted by Crippen LogP contribution is 2.59. The van der Waals surface area contributed by atoms with E-state index in [1.165, 1.54) is 28.9 Å². The number of sulfonamides is 1. The lowest BCUT2D eigenvalue weighted by atomic mass is 10.0. The summed E-state index contributed by atoms with van der Waals surface area (Å²) in [4.78, 5) is 19.9. The van der Waals surface area contributed by atoms with Crippen LogP contribution in [0.2, 0.25) is 0 Å². The van der Waals surface area contributed by atoms with Crippen LogP contribution in [0, 0.1) is 5.41 Å². The molecule has 0 unspecified atom stereocenters. The molecule has 2 aliphatic heterocycles. The number of pyridine rings is 1. The van der Waals surface area contributed by atoms with E-state index in [0.29, 0.717) is 12.4 Å². The Morgan fingerprint density at radius 1 is 1.12 bits per heavy atom. The van der Waals surface area contributed by atoms with E-state index in [-0.39, 0.29) is 48.0 Å². The molecule has 9 nitrogen and oxygen atoms in total. The number of hydrogen-bond acceptors (Lipinski definition) is 7. The van der Waals surface area contributed by atoms with Crippen molar-refractivity contribution in [2.45, 2.75) is 49.7 Å². The van der Waals surface area contributed by atoms with Crippen molar-refractivity contribution in [1.82, 2.24) is 19.5 Å². The number of fused-ring (bicyclic) bond motifs is 7. The van der Waals surface area contributed by atoms with E-state index in [1.807, 2.05) is 30.9 Å². The first-order chi connectivity index (χ1) is 18.8. The Hall–Kier alpha value is -3.87. The summed E-state index contributed by atoms with van der Waals surface area (Å²) in [5.74, 6) is -0.105. The molecule has 2 aromatic heterocycles. The number of aromatic nitrogens is 3. The van der Waals surface area contributed by atoms with Gasteiger partial charge >= 0.3 is 6.18 Å². The molecule has 4 heterocycles. The minimum atomic E-state index is -4.25. The number of anilines is 1. The lowest BCUT2D eigenvalue weighted by molar-refractivity contribution is -0.190. The number of benzene rings is 1. The van der Waals surface area contributed by atoms with Crippen molar-refractivity contribution in [2.75, 3.05) is 18.1 Å². The number of carbonyl (C=O) groups excluding carboxylic acids is 1. The molecule has 4 bridgehead atoms. The monoisotopic (exact) mass is 573 g/mol. The Balaban J connectivity index is 1.32. The van der Waals surface area contributed by atoms with Gasteiger partial charge in [-0.05, 0) is 68.5 Å². The van der Waals surface area contributed by atoms with Gasteiger partial charge in [0.05, 0.1) is 28.0 Å². The predicted molar refractivity (Wildman–Crippen MR) is 140 cm³/mol. The number of rotatable bonds is 5. The Morgan fingerprint density at radius 2 is 1.90 bits per heavy atom. The molecule has 1 aromatic carbocycles. The van der Waals surface area contributed by atoms with Crippen LogP contribution in [0.5, 0.6) is 5.88 Å². The molecule has 210 valence electrons. The summed E-state index contributed by atoms with van der Waals surface area (Å²) in [5.41, 5.74) is -0.557. The second-order valence-corrected chi connectivity index (χ2v) is 12.6. The summed E-state index contributed by atoms with van der Waals surface area (Å²) in [5, 5.41) is 4.30. The molecule has 0 spiro atoms. The molecule has 0 saturated heterocycles. The lowest BCUT2D eigenvalue weighted by Gasteiger charge is -2.33. The number of hydrogen-bond donors (Lipinski definition) is 1. The number of amides is 1. The number of nitrogens with zero attached hydrogens (tertiary/aromatic N) is 4. The van der Waals surface area contributed by atoms with Crippen LogP contribution in [-0.2, 0) is 10.0 Å². The molecule has 1 fully saturated rings. The van der Waals surface area contributed by atoms with E-state index in [0.717, 1.165) is 11.1 Å². The molecule has 1 saturated carbocycles. The minimum Gasteiger partial charge on any atom is -0.477 e. The smallest absolute Gasteiger partial charge is 0.394 e. The van der Waals surface area contributed by atoms with E-state index in [2.05, 4.69) is 9.82 Å². The zero-order valence-corrected chi connectivity index (χ0v) is 22.5. The molecule has 1 amide bonds. The fourth-order valence-corrected chi connectivity index (χ4v) is 6.19. The zero-order chi connectivity index (χ0) is 28.5. The third-order valence-electron chi connectivity index (χ3n) is 7.74. The van der Waals surface area contributed by atoms with Gasteiger partial charge in [0.15, 0.2) is 5.82 Å². The fourth-order valence-electron chi connectivity index (χ4n) is 5.18. The number of alkyl halides is 3. The van der Waals surface area contributed by atoms with Gasteiger partial charge in [0.1, 0.15) is 5.82 Å². The van der Waals surface area contributed by atoms with Crippen LogP contribution in [0.25, 0.3) is 11.4 Å². The average molecular weight is 574 g/mol. The van der Waals surface area contributed by atoms with Crippen molar-refractivity contribution in [3.8, 4) is 11.7 Å². The van der Waals surface area contributed by atoms with E-state index in [1.54, 1.807) is 18.3 Å². The van der Waals surface area contributed by atoms with Crippen molar-refractivity contribution in [2.24, 2.45) is 5.41 Å². The van der Waals surface area contributed by atoms with Crippen LogP contribution in [0.4, 0.5) is 19.0 Å². The van der Waals surface area contributed by atoms with Gasteiger partial charge in [-0.2, -0.15) is 13.2 Å². The molecule has 1 N–H and O–H groups in total. The van der Waals surface area contributed by atoms with Crippen molar-refractivity contribution >= 4 is 27.3 Å². The summed E-state index contributed by atoms with van der Waals surface area (Å²) in [6.45, 7) is 4.19. The quantitative estimate of drug-likeness (QED) is 0.479. The highest BCUT2D eigenvalue weighted by molar-refractivity contribution is 7.90. The summed E-state index contributed by atoms with van der Waals surface area (Å²) in [7, 11) is -4.14. The topological polar surface area (TPSA) is 106 Å². The number of nitrogens with one attached hydrogen (secondary N) is 1. The Bertz CT molecular complexity index is 1660. The van der Waals surface area contributed by atoms with E-state index < -0.39 is 33.1 Å². The van der Waals surface area contributed by atoms with E-state index in [9.17, 15) is 26.4 Å². The third kappa shape index (κ3) is 4.51. The molecule has 40 heavy (non-hydrogen) atoms. The van der Waals surface area contributed by atoms with E-state index in [4.69, 9.17) is 9.72 Å². The van der Waals surface area contributed by atoms with Crippen LogP contribution in [-0.4, -0.2) is 54.0 Å². The average Bonchev–Trinajstić information content (AvgIpc) is 3.43. The maximum atomic E-state index is 13.3. The molecule has 13 heteroatoms. The Morgan fingerprint density at radius 3 is 2.62 bits per heavy atom. The fraction of sp³-hybridized carbons (Fsp3) is 0.370. The number of carbonyl (C=O) groups is 1. The van der Waals surface area contributed by atoms with Gasteiger partial charge in [-0.15, -0.1) is 5.10 Å². The highest BCUT2D eigenvalue weighted by Gasteiger charge is 2.62. The van der Waals surface area contributed by atoms with Crippen LogP contribution >= 0.6 is 0 Å². The molecule has 0 atom stereocenters. The van der Waals surface area contributed by atoms with Gasteiger partial charge in [0, 0.05) is 18.8 Å². The van der Waals surface area contributed by atoms with E-state index >= 15 is 0 Å². The minimum absolute atomic E-state index is 0.0181. The number of halogens is 3. The predicted octanol–water partition coefficient (Wildman–Crippen LogP) is 4.49. The maximum absolute atomic E-state index is 13.3. The Kier molecular flexibility index (Phi) is 5.81. The van der Waals surface area contributed by atoms with Gasteiger partial charge in [0.25, 0.3) is 15.9 Å². The molecule has 6 rings (SSSR count). The SMILES string of the molecule is CC1(C)C=C2CN1c1nc(-n3ccc(OCCC4(C(F)(F)F)CC4)n3)ccc1C(=O)NS(=O)(=O)c1cccc2c1. The van der Waals surface area contributed by atoms with Gasteiger partial charge in [-0.25, -0.2) is 22.8 Å². The van der Waals surface area contributed by atoms with Crippen molar-refractivity contribution in [3.05, 3.63) is 65.9 Å². The van der Waals surface area contributed by atoms with Gasteiger partial charge in [-0.1, -0.05) is 18.2 Å². The standard InChI is InChI=1S/C27H26F3N5O4S/c1-25(2)15-18-16-34(25)23-20(24(36)33-40(37,38)19-5-3-4-17(18)14-19)6-7-21(31-23)35-12-8-22(32-35)39-13-11-26(9-10-26)27(28,29)30/h3-8,12,14-15H,9-11,13,16H2,1-2H3,(H,33,36). The first-order valence-corrected chi connectivity index (χ1v) is 14.2. The second kappa shape index (κ2) is 8.82. The zero-order valence-electron chi connectivity index (χ0n) is 21.7. The molecular formula is C27H26F3N5O4S.